The predicted octanol–water partition coefficient (Wildman–Crippen LogP) is 2.93. The summed E-state index contributed by atoms with van der Waals surface area (Å²) in [6.45, 7) is 4.82. The molecule has 2 rings (SSSR count). The van der Waals surface area contributed by atoms with E-state index in [1.54, 1.807) is 6.26 Å². The summed E-state index contributed by atoms with van der Waals surface area (Å²) >= 11 is 0. The topological polar surface area (TPSA) is 60.4 Å². The Morgan fingerprint density at radius 2 is 2.00 bits per heavy atom. The minimum Gasteiger partial charge on any atom is -0.494 e. The van der Waals surface area contributed by atoms with E-state index >= 15 is 0 Å². The summed E-state index contributed by atoms with van der Waals surface area (Å²) in [5, 5.41) is 0. The molecule has 0 saturated heterocycles. The smallest absolute Gasteiger partial charge is 0.129 e. The maximum Gasteiger partial charge on any atom is 0.129 e. The van der Waals surface area contributed by atoms with Crippen LogP contribution in [0.4, 0.5) is 0 Å². The van der Waals surface area contributed by atoms with E-state index in [1.165, 1.54) is 0 Å². The Morgan fingerprint density at radius 3 is 2.53 bits per heavy atom. The molecule has 3 N–H and O–H groups in total. The van der Waals surface area contributed by atoms with Gasteiger partial charge in [0.2, 0.25) is 0 Å². The number of rotatable bonds is 6. The van der Waals surface area contributed by atoms with Crippen molar-refractivity contribution in [1.29, 1.82) is 0 Å². The van der Waals surface area contributed by atoms with E-state index in [1.807, 2.05) is 37.3 Å². The predicted molar refractivity (Wildman–Crippen MR) is 74.8 cm³/mol. The molecule has 0 spiro atoms. The highest BCUT2D eigenvalue weighted by molar-refractivity contribution is 5.34. The second-order valence-electron chi connectivity index (χ2n) is 4.49. The summed E-state index contributed by atoms with van der Waals surface area (Å²) in [5.41, 5.74) is 4.91. The van der Waals surface area contributed by atoms with Crippen LogP contribution in [0.15, 0.2) is 41.0 Å². The van der Waals surface area contributed by atoms with Gasteiger partial charge in [-0.15, -0.1) is 0 Å². The Hall–Kier alpha value is -1.78. The van der Waals surface area contributed by atoms with Crippen molar-refractivity contribution < 1.29 is 9.15 Å². The summed E-state index contributed by atoms with van der Waals surface area (Å²) in [6.07, 6.45) is 2.67. The number of ether oxygens (including phenoxy) is 1. The number of hydrogen-bond donors (Lipinski definition) is 2. The molecule has 19 heavy (non-hydrogen) atoms. The molecule has 2 aromatic rings. The molecule has 1 aromatic heterocycles. The van der Waals surface area contributed by atoms with Crippen LogP contribution in [0.1, 0.15) is 36.3 Å². The fourth-order valence-electron chi connectivity index (χ4n) is 1.98. The molecule has 0 aliphatic rings. The van der Waals surface area contributed by atoms with Gasteiger partial charge >= 0.3 is 0 Å². The van der Waals surface area contributed by atoms with E-state index < -0.39 is 0 Å². The van der Waals surface area contributed by atoms with E-state index in [9.17, 15) is 0 Å². The van der Waals surface area contributed by atoms with Gasteiger partial charge < -0.3 is 9.15 Å². The van der Waals surface area contributed by atoms with Crippen molar-refractivity contribution >= 4 is 0 Å². The van der Waals surface area contributed by atoms with Crippen molar-refractivity contribution in [2.75, 3.05) is 6.61 Å². The standard InChI is InChI=1S/C15H20N2O2/c1-3-9-18-13-6-4-12(5-7-13)14(17-16)15-11(2)8-10-19-15/h4-8,10,14,17H,3,9,16H2,1-2H3. The van der Waals surface area contributed by atoms with E-state index in [0.717, 1.165) is 35.7 Å². The molecule has 4 nitrogen and oxygen atoms in total. The molecular weight excluding hydrogens is 240 g/mol. The van der Waals surface area contributed by atoms with Crippen LogP contribution in [0.3, 0.4) is 0 Å². The van der Waals surface area contributed by atoms with Crippen LogP contribution >= 0.6 is 0 Å². The average Bonchev–Trinajstić information content (AvgIpc) is 2.85. The minimum atomic E-state index is -0.143. The second-order valence-corrected chi connectivity index (χ2v) is 4.49. The van der Waals surface area contributed by atoms with Crippen LogP contribution in [-0.4, -0.2) is 6.61 Å². The molecule has 0 aliphatic heterocycles. The number of nitrogens with one attached hydrogen (secondary N) is 1. The van der Waals surface area contributed by atoms with Crippen LogP contribution in [-0.2, 0) is 0 Å². The summed E-state index contributed by atoms with van der Waals surface area (Å²) in [6, 6.07) is 9.68. The molecule has 0 saturated carbocycles. The van der Waals surface area contributed by atoms with Gasteiger partial charge in [-0.2, -0.15) is 0 Å². The van der Waals surface area contributed by atoms with Crippen LogP contribution in [0.25, 0.3) is 0 Å². The summed E-state index contributed by atoms with van der Waals surface area (Å²) in [5.74, 6) is 7.35. The molecular formula is C15H20N2O2. The lowest BCUT2D eigenvalue weighted by Gasteiger charge is -2.15. The van der Waals surface area contributed by atoms with Crippen LogP contribution in [0.5, 0.6) is 5.75 Å². The Balaban J connectivity index is 2.18. The van der Waals surface area contributed by atoms with Crippen molar-refractivity contribution in [2.45, 2.75) is 26.3 Å². The first kappa shape index (κ1) is 13.6. The first-order chi connectivity index (χ1) is 9.26. The molecule has 0 aliphatic carbocycles. The van der Waals surface area contributed by atoms with Gasteiger partial charge in [0.05, 0.1) is 12.9 Å². The highest BCUT2D eigenvalue weighted by atomic mass is 16.5. The zero-order valence-electron chi connectivity index (χ0n) is 11.3. The molecule has 1 aromatic carbocycles. The monoisotopic (exact) mass is 260 g/mol. The van der Waals surface area contributed by atoms with E-state index in [-0.39, 0.29) is 6.04 Å². The summed E-state index contributed by atoms with van der Waals surface area (Å²) in [7, 11) is 0. The van der Waals surface area contributed by atoms with Crippen molar-refractivity contribution in [3.05, 3.63) is 53.5 Å². The number of aryl methyl sites for hydroxylation is 1. The Morgan fingerprint density at radius 1 is 1.26 bits per heavy atom. The van der Waals surface area contributed by atoms with Crippen LogP contribution in [0.2, 0.25) is 0 Å². The quantitative estimate of drug-likeness (QED) is 0.619. The third-order valence-corrected chi connectivity index (χ3v) is 3.02. The van der Waals surface area contributed by atoms with Gasteiger partial charge in [0.25, 0.3) is 0 Å². The Labute approximate surface area is 113 Å². The van der Waals surface area contributed by atoms with Gasteiger partial charge in [-0.25, -0.2) is 5.43 Å². The third-order valence-electron chi connectivity index (χ3n) is 3.02. The zero-order chi connectivity index (χ0) is 13.7. The molecule has 0 fully saturated rings. The van der Waals surface area contributed by atoms with Gasteiger partial charge in [0, 0.05) is 0 Å². The third kappa shape index (κ3) is 3.16. The molecule has 4 heteroatoms. The zero-order valence-corrected chi connectivity index (χ0v) is 11.3. The van der Waals surface area contributed by atoms with E-state index in [4.69, 9.17) is 15.0 Å². The molecule has 1 atom stereocenters. The van der Waals surface area contributed by atoms with Gasteiger partial charge in [-0.3, -0.25) is 5.84 Å². The molecule has 0 radical (unpaired) electrons. The van der Waals surface area contributed by atoms with Crippen molar-refractivity contribution in [2.24, 2.45) is 5.84 Å². The summed E-state index contributed by atoms with van der Waals surface area (Å²) < 4.78 is 11.1. The maximum atomic E-state index is 5.64. The van der Waals surface area contributed by atoms with Crippen molar-refractivity contribution in [3.63, 3.8) is 0 Å². The Bertz CT molecular complexity index is 505. The number of hydrazine groups is 1. The fraction of sp³-hybridized carbons (Fsp3) is 0.333. The van der Waals surface area contributed by atoms with Gasteiger partial charge in [-0.05, 0) is 42.7 Å². The first-order valence-corrected chi connectivity index (χ1v) is 6.49. The normalized spacial score (nSPS) is 12.4. The lowest BCUT2D eigenvalue weighted by atomic mass is 10.0. The van der Waals surface area contributed by atoms with Crippen molar-refractivity contribution in [1.82, 2.24) is 5.43 Å². The van der Waals surface area contributed by atoms with Crippen LogP contribution < -0.4 is 16.0 Å². The van der Waals surface area contributed by atoms with Crippen molar-refractivity contribution in [3.8, 4) is 5.75 Å². The van der Waals surface area contributed by atoms with E-state index in [0.29, 0.717) is 0 Å². The first-order valence-electron chi connectivity index (χ1n) is 6.49. The lowest BCUT2D eigenvalue weighted by molar-refractivity contribution is 0.317. The van der Waals surface area contributed by atoms with Gasteiger partial charge in [0.1, 0.15) is 17.6 Å². The SMILES string of the molecule is CCCOc1ccc(C(NN)c2occc2C)cc1. The number of furan rings is 1. The number of nitrogens with two attached hydrogens (primary N) is 1. The highest BCUT2D eigenvalue weighted by Gasteiger charge is 2.17. The van der Waals surface area contributed by atoms with Gasteiger partial charge in [0.15, 0.2) is 0 Å². The molecule has 1 heterocycles. The average molecular weight is 260 g/mol. The Kier molecular flexibility index (Phi) is 4.60. The van der Waals surface area contributed by atoms with E-state index in [2.05, 4.69) is 12.3 Å². The molecule has 102 valence electrons. The van der Waals surface area contributed by atoms with Gasteiger partial charge in [-0.1, -0.05) is 19.1 Å². The second kappa shape index (κ2) is 6.41. The number of hydrogen-bond acceptors (Lipinski definition) is 4. The number of benzene rings is 1. The highest BCUT2D eigenvalue weighted by Crippen LogP contribution is 2.26. The minimum absolute atomic E-state index is 0.143. The molecule has 0 amide bonds. The largest absolute Gasteiger partial charge is 0.494 e. The summed E-state index contributed by atoms with van der Waals surface area (Å²) in [4.78, 5) is 0. The fourth-order valence-corrected chi connectivity index (χ4v) is 1.98. The molecule has 0 bridgehead atoms. The van der Waals surface area contributed by atoms with Crippen LogP contribution in [0, 0.1) is 6.92 Å². The maximum absolute atomic E-state index is 5.64. The lowest BCUT2D eigenvalue weighted by Crippen LogP contribution is -2.28. The molecule has 1 unspecified atom stereocenters.